The van der Waals surface area contributed by atoms with Crippen LogP contribution < -0.4 is 10.9 Å². The highest BCUT2D eigenvalue weighted by molar-refractivity contribution is 6.32. The van der Waals surface area contributed by atoms with Gasteiger partial charge in [0.25, 0.3) is 5.56 Å². The van der Waals surface area contributed by atoms with Gasteiger partial charge in [-0.15, -0.1) is 0 Å². The Kier molecular flexibility index (Phi) is 4.21. The lowest BCUT2D eigenvalue weighted by molar-refractivity contribution is 0.392. The van der Waals surface area contributed by atoms with Gasteiger partial charge in [0.15, 0.2) is 0 Å². The summed E-state index contributed by atoms with van der Waals surface area (Å²) in [5.74, 6) is 0.855. The Morgan fingerprint density at radius 1 is 1.47 bits per heavy atom. The lowest BCUT2D eigenvalue weighted by Gasteiger charge is -2.06. The molecule has 7 heteroatoms. The zero-order valence-corrected chi connectivity index (χ0v) is 11.5. The molecule has 0 bridgehead atoms. The summed E-state index contributed by atoms with van der Waals surface area (Å²) in [6.07, 6.45) is 3.24. The predicted molar refractivity (Wildman–Crippen MR) is 72.7 cm³/mol. The molecular weight excluding hydrogens is 268 g/mol. The van der Waals surface area contributed by atoms with Gasteiger partial charge in [0.1, 0.15) is 10.8 Å². The largest absolute Gasteiger partial charge is 0.382 e. The van der Waals surface area contributed by atoms with E-state index in [1.165, 1.54) is 6.20 Å². The van der Waals surface area contributed by atoms with Crippen LogP contribution in [0.3, 0.4) is 0 Å². The molecule has 2 aromatic rings. The average Bonchev–Trinajstić information content (AvgIpc) is 2.70. The van der Waals surface area contributed by atoms with Gasteiger partial charge in [0, 0.05) is 12.1 Å². The Hall–Kier alpha value is -1.82. The van der Waals surface area contributed by atoms with Crippen molar-refractivity contribution in [2.75, 3.05) is 11.9 Å². The maximum Gasteiger partial charge on any atom is 0.285 e. The first-order valence-electron chi connectivity index (χ1n) is 5.98. The fourth-order valence-electron chi connectivity index (χ4n) is 1.85. The van der Waals surface area contributed by atoms with E-state index < -0.39 is 5.56 Å². The van der Waals surface area contributed by atoms with Gasteiger partial charge in [-0.1, -0.05) is 16.8 Å². The smallest absolute Gasteiger partial charge is 0.285 e. The van der Waals surface area contributed by atoms with Crippen LogP contribution in [0.25, 0.3) is 0 Å². The summed E-state index contributed by atoms with van der Waals surface area (Å²) in [5.41, 5.74) is 2.21. The van der Waals surface area contributed by atoms with E-state index in [9.17, 15) is 4.79 Å². The number of nitrogens with one attached hydrogen (secondary N) is 2. The van der Waals surface area contributed by atoms with Gasteiger partial charge in [-0.25, -0.2) is 5.10 Å². The molecule has 2 aromatic heterocycles. The van der Waals surface area contributed by atoms with Crippen molar-refractivity contribution < 1.29 is 4.52 Å². The van der Waals surface area contributed by atoms with Crippen LogP contribution in [0.15, 0.2) is 15.5 Å². The Morgan fingerprint density at radius 3 is 2.95 bits per heavy atom. The van der Waals surface area contributed by atoms with Gasteiger partial charge in [-0.2, -0.15) is 5.10 Å². The van der Waals surface area contributed by atoms with Crippen molar-refractivity contribution >= 4 is 17.3 Å². The quantitative estimate of drug-likeness (QED) is 0.820. The first-order valence-corrected chi connectivity index (χ1v) is 6.36. The zero-order chi connectivity index (χ0) is 13.8. The molecule has 0 spiro atoms. The van der Waals surface area contributed by atoms with Gasteiger partial charge in [0.2, 0.25) is 0 Å². The Balaban J connectivity index is 1.88. The molecule has 0 aliphatic heterocycles. The van der Waals surface area contributed by atoms with Gasteiger partial charge >= 0.3 is 0 Å². The number of halogens is 1. The van der Waals surface area contributed by atoms with Crippen LogP contribution in [0, 0.1) is 13.8 Å². The third kappa shape index (κ3) is 3.14. The molecule has 0 aromatic carbocycles. The summed E-state index contributed by atoms with van der Waals surface area (Å²) in [7, 11) is 0. The second-order valence-corrected chi connectivity index (χ2v) is 4.64. The molecule has 2 rings (SSSR count). The summed E-state index contributed by atoms with van der Waals surface area (Å²) in [6, 6.07) is 0. The van der Waals surface area contributed by atoms with E-state index >= 15 is 0 Å². The Labute approximate surface area is 115 Å². The fourth-order valence-corrected chi connectivity index (χ4v) is 2.01. The second kappa shape index (κ2) is 5.88. The van der Waals surface area contributed by atoms with E-state index in [-0.39, 0.29) is 5.02 Å². The van der Waals surface area contributed by atoms with E-state index in [0.717, 1.165) is 29.9 Å². The minimum atomic E-state index is -0.391. The van der Waals surface area contributed by atoms with Crippen molar-refractivity contribution in [3.63, 3.8) is 0 Å². The number of H-pyrrole nitrogens is 1. The highest BCUT2D eigenvalue weighted by atomic mass is 35.5. The standard InChI is InChI=1S/C12H15ClN4O2/c1-7-9(8(2)19-17-7)4-3-5-14-10-6-15-16-12(18)11(10)13/h6H,3-5H2,1-2H3,(H2,14,16,18). The lowest BCUT2D eigenvalue weighted by Crippen LogP contribution is -2.12. The van der Waals surface area contributed by atoms with Crippen LogP contribution in [0.5, 0.6) is 0 Å². The van der Waals surface area contributed by atoms with Crippen molar-refractivity contribution in [2.24, 2.45) is 0 Å². The fraction of sp³-hybridized carbons (Fsp3) is 0.417. The van der Waals surface area contributed by atoms with Crippen molar-refractivity contribution in [2.45, 2.75) is 26.7 Å². The summed E-state index contributed by atoms with van der Waals surface area (Å²) >= 11 is 5.85. The van der Waals surface area contributed by atoms with E-state index in [1.807, 2.05) is 13.8 Å². The molecule has 0 fully saturated rings. The molecular formula is C12H15ClN4O2. The number of rotatable bonds is 5. The molecule has 102 valence electrons. The molecule has 0 aliphatic rings. The van der Waals surface area contributed by atoms with Crippen LogP contribution in [0.2, 0.25) is 5.02 Å². The zero-order valence-electron chi connectivity index (χ0n) is 10.8. The third-order valence-corrected chi connectivity index (χ3v) is 3.27. The molecule has 0 amide bonds. The topological polar surface area (TPSA) is 83.8 Å². The molecule has 19 heavy (non-hydrogen) atoms. The third-order valence-electron chi connectivity index (χ3n) is 2.90. The SMILES string of the molecule is Cc1noc(C)c1CCCNc1cn[nH]c(=O)c1Cl. The highest BCUT2D eigenvalue weighted by Gasteiger charge is 2.08. The van der Waals surface area contributed by atoms with E-state index in [2.05, 4.69) is 20.7 Å². The molecule has 0 radical (unpaired) electrons. The number of aromatic amines is 1. The van der Waals surface area contributed by atoms with Gasteiger partial charge < -0.3 is 9.84 Å². The van der Waals surface area contributed by atoms with Crippen molar-refractivity contribution in [3.05, 3.63) is 38.6 Å². The maximum absolute atomic E-state index is 11.2. The Morgan fingerprint density at radius 2 is 2.26 bits per heavy atom. The van der Waals surface area contributed by atoms with Crippen molar-refractivity contribution in [1.29, 1.82) is 0 Å². The molecule has 2 heterocycles. The summed E-state index contributed by atoms with van der Waals surface area (Å²) in [6.45, 7) is 4.52. The minimum absolute atomic E-state index is 0.132. The van der Waals surface area contributed by atoms with E-state index in [0.29, 0.717) is 12.2 Å². The van der Waals surface area contributed by atoms with Crippen LogP contribution in [-0.2, 0) is 6.42 Å². The van der Waals surface area contributed by atoms with Crippen LogP contribution in [0.4, 0.5) is 5.69 Å². The van der Waals surface area contributed by atoms with Crippen molar-refractivity contribution in [1.82, 2.24) is 15.4 Å². The van der Waals surface area contributed by atoms with E-state index in [1.54, 1.807) is 0 Å². The average molecular weight is 283 g/mol. The number of hydrogen-bond donors (Lipinski definition) is 2. The number of anilines is 1. The minimum Gasteiger partial charge on any atom is -0.382 e. The normalized spacial score (nSPS) is 10.7. The van der Waals surface area contributed by atoms with Gasteiger partial charge in [-0.3, -0.25) is 4.79 Å². The molecule has 0 saturated carbocycles. The molecule has 0 unspecified atom stereocenters. The lowest BCUT2D eigenvalue weighted by atomic mass is 10.1. The molecule has 2 N–H and O–H groups in total. The first kappa shape index (κ1) is 13.6. The number of nitrogens with zero attached hydrogens (tertiary/aromatic N) is 2. The van der Waals surface area contributed by atoms with Gasteiger partial charge in [0.05, 0.1) is 17.6 Å². The first-order chi connectivity index (χ1) is 9.09. The number of hydrogen-bond acceptors (Lipinski definition) is 5. The number of aryl methyl sites for hydroxylation is 2. The predicted octanol–water partition coefficient (Wildman–Crippen LogP) is 2.07. The molecule has 0 saturated heterocycles. The number of aromatic nitrogens is 3. The summed E-state index contributed by atoms with van der Waals surface area (Å²) in [4.78, 5) is 11.2. The van der Waals surface area contributed by atoms with Crippen molar-refractivity contribution in [3.8, 4) is 0 Å². The summed E-state index contributed by atoms with van der Waals surface area (Å²) < 4.78 is 5.10. The van der Waals surface area contributed by atoms with Gasteiger partial charge in [-0.05, 0) is 26.7 Å². The molecule has 0 atom stereocenters. The maximum atomic E-state index is 11.2. The molecule has 0 aliphatic carbocycles. The second-order valence-electron chi connectivity index (χ2n) is 4.26. The van der Waals surface area contributed by atoms with Crippen LogP contribution >= 0.6 is 11.6 Å². The Bertz CT molecular complexity index is 601. The van der Waals surface area contributed by atoms with Crippen LogP contribution in [-0.4, -0.2) is 21.9 Å². The summed E-state index contributed by atoms with van der Waals surface area (Å²) in [5, 5.41) is 13.1. The molecule has 6 nitrogen and oxygen atoms in total. The van der Waals surface area contributed by atoms with E-state index in [4.69, 9.17) is 16.1 Å². The monoisotopic (exact) mass is 282 g/mol. The highest BCUT2D eigenvalue weighted by Crippen LogP contribution is 2.16. The van der Waals surface area contributed by atoms with Crippen LogP contribution in [0.1, 0.15) is 23.4 Å².